The van der Waals surface area contributed by atoms with E-state index in [-0.39, 0.29) is 17.4 Å². The largest absolute Gasteiger partial charge is 0.266 e. The number of fused-ring (bicyclic) bond motifs is 1. The maximum absolute atomic E-state index is 13.0. The van der Waals surface area contributed by atoms with Crippen molar-refractivity contribution in [2.45, 2.75) is 25.7 Å². The number of hydrogen-bond acceptors (Lipinski definition) is 5. The fourth-order valence-electron chi connectivity index (χ4n) is 2.50. The summed E-state index contributed by atoms with van der Waals surface area (Å²) in [7, 11) is -3.81. The van der Waals surface area contributed by atoms with Crippen molar-refractivity contribution < 1.29 is 8.42 Å². The summed E-state index contributed by atoms with van der Waals surface area (Å²) in [6, 6.07) is 8.52. The van der Waals surface area contributed by atoms with Crippen molar-refractivity contribution in [3.8, 4) is 0 Å². The summed E-state index contributed by atoms with van der Waals surface area (Å²) in [4.78, 5) is 8.79. The molecule has 1 aromatic carbocycles. The molecule has 0 saturated heterocycles. The van der Waals surface area contributed by atoms with Gasteiger partial charge >= 0.3 is 0 Å². The van der Waals surface area contributed by atoms with Crippen LogP contribution in [-0.2, 0) is 10.0 Å². The zero-order valence-electron chi connectivity index (χ0n) is 14.3. The third kappa shape index (κ3) is 3.12. The van der Waals surface area contributed by atoms with Gasteiger partial charge in [-0.1, -0.05) is 23.8 Å². The molecule has 0 aliphatic heterocycles. The van der Waals surface area contributed by atoms with Crippen LogP contribution in [-0.4, -0.2) is 34.5 Å². The lowest BCUT2D eigenvalue weighted by Gasteiger charge is -2.19. The lowest BCUT2D eigenvalue weighted by molar-refractivity contribution is 0.591. The predicted molar refractivity (Wildman–Crippen MR) is 96.2 cm³/mol. The van der Waals surface area contributed by atoms with E-state index in [0.29, 0.717) is 5.78 Å². The molecule has 0 N–H and O–H groups in total. The number of sulfonamides is 1. The van der Waals surface area contributed by atoms with Crippen molar-refractivity contribution in [3.05, 3.63) is 59.9 Å². The number of rotatable bonds is 5. The van der Waals surface area contributed by atoms with Crippen LogP contribution in [0.15, 0.2) is 47.9 Å². The first-order valence-corrected chi connectivity index (χ1v) is 9.18. The van der Waals surface area contributed by atoms with Gasteiger partial charge in [0.2, 0.25) is 0 Å². The zero-order chi connectivity index (χ0) is 18.2. The van der Waals surface area contributed by atoms with Crippen molar-refractivity contribution in [1.29, 1.82) is 0 Å². The smallest absolute Gasteiger partial charge is 0.228 e. The Morgan fingerprint density at radius 3 is 2.48 bits per heavy atom. The first-order chi connectivity index (χ1) is 11.8. The molecular weight excluding hydrogens is 338 g/mol. The maximum Gasteiger partial charge on any atom is 0.266 e. The Bertz CT molecular complexity index is 1040. The van der Waals surface area contributed by atoms with Crippen LogP contribution in [0.1, 0.15) is 17.0 Å². The van der Waals surface area contributed by atoms with Gasteiger partial charge in [-0.3, -0.25) is 0 Å². The summed E-state index contributed by atoms with van der Waals surface area (Å²) in [5.41, 5.74) is 2.60. The van der Waals surface area contributed by atoms with Crippen LogP contribution >= 0.6 is 0 Å². The number of anilines is 1. The fraction of sp³-hybridized carbons (Fsp3) is 0.235. The maximum atomic E-state index is 13.0. The summed E-state index contributed by atoms with van der Waals surface area (Å²) >= 11 is 0. The molecule has 0 aliphatic rings. The van der Waals surface area contributed by atoms with E-state index in [1.165, 1.54) is 10.6 Å². The van der Waals surface area contributed by atoms with Crippen LogP contribution < -0.4 is 4.31 Å². The Hall–Kier alpha value is -2.74. The standard InChI is InChI=1S/C17H19N5O2S/c1-5-10-21(25(23,24)15-8-6-12(2)7-9-15)17-19-16-18-13(3)11-14(4)22(16)20-17/h5-9,11H,1,10H2,2-4H3. The minimum absolute atomic E-state index is 0.0606. The van der Waals surface area contributed by atoms with Crippen LogP contribution in [0.25, 0.3) is 5.78 Å². The summed E-state index contributed by atoms with van der Waals surface area (Å²) in [6.07, 6.45) is 1.50. The third-order valence-corrected chi connectivity index (χ3v) is 5.49. The molecular formula is C17H19N5O2S. The second-order valence-electron chi connectivity index (χ2n) is 5.80. The number of aromatic nitrogens is 4. The molecule has 0 aliphatic carbocycles. The lowest BCUT2D eigenvalue weighted by Crippen LogP contribution is -2.32. The Labute approximate surface area is 146 Å². The number of hydrogen-bond donors (Lipinski definition) is 0. The van der Waals surface area contributed by atoms with E-state index < -0.39 is 10.0 Å². The molecule has 130 valence electrons. The molecule has 0 spiro atoms. The highest BCUT2D eigenvalue weighted by molar-refractivity contribution is 7.92. The average Bonchev–Trinajstić information content (AvgIpc) is 2.96. The summed E-state index contributed by atoms with van der Waals surface area (Å²) < 4.78 is 28.7. The van der Waals surface area contributed by atoms with Gasteiger partial charge in [0.25, 0.3) is 21.7 Å². The first kappa shape index (κ1) is 17.1. The number of benzene rings is 1. The minimum Gasteiger partial charge on any atom is -0.228 e. The Morgan fingerprint density at radius 1 is 1.16 bits per heavy atom. The molecule has 0 amide bonds. The highest BCUT2D eigenvalue weighted by Crippen LogP contribution is 2.22. The van der Waals surface area contributed by atoms with Gasteiger partial charge in [-0.25, -0.2) is 17.7 Å². The molecule has 2 heterocycles. The highest BCUT2D eigenvalue weighted by atomic mass is 32.2. The van der Waals surface area contributed by atoms with Gasteiger partial charge in [-0.15, -0.1) is 11.7 Å². The molecule has 7 nitrogen and oxygen atoms in total. The third-order valence-electron chi connectivity index (χ3n) is 3.73. The summed E-state index contributed by atoms with van der Waals surface area (Å²) in [6.45, 7) is 9.33. The van der Waals surface area contributed by atoms with Gasteiger partial charge < -0.3 is 0 Å². The molecule has 2 aromatic heterocycles. The van der Waals surface area contributed by atoms with Crippen LogP contribution in [0.3, 0.4) is 0 Å². The van der Waals surface area contributed by atoms with Crippen molar-refractivity contribution >= 4 is 21.7 Å². The molecule has 25 heavy (non-hydrogen) atoms. The van der Waals surface area contributed by atoms with E-state index in [2.05, 4.69) is 21.6 Å². The van der Waals surface area contributed by atoms with Gasteiger partial charge in [0, 0.05) is 11.4 Å². The Balaban J connectivity index is 2.14. The SMILES string of the molecule is C=CCN(c1nc2nc(C)cc(C)n2n1)S(=O)(=O)c1ccc(C)cc1. The lowest BCUT2D eigenvalue weighted by atomic mass is 10.2. The van der Waals surface area contributed by atoms with E-state index in [0.717, 1.165) is 21.3 Å². The zero-order valence-corrected chi connectivity index (χ0v) is 15.2. The first-order valence-electron chi connectivity index (χ1n) is 7.74. The van der Waals surface area contributed by atoms with E-state index in [9.17, 15) is 8.42 Å². The fourth-order valence-corrected chi connectivity index (χ4v) is 3.83. The van der Waals surface area contributed by atoms with Crippen molar-refractivity contribution in [1.82, 2.24) is 19.6 Å². The average molecular weight is 357 g/mol. The molecule has 8 heteroatoms. The van der Waals surface area contributed by atoms with E-state index in [1.807, 2.05) is 26.8 Å². The van der Waals surface area contributed by atoms with Crippen molar-refractivity contribution in [3.63, 3.8) is 0 Å². The number of aryl methyl sites for hydroxylation is 3. The van der Waals surface area contributed by atoms with E-state index in [4.69, 9.17) is 0 Å². The van der Waals surface area contributed by atoms with Gasteiger partial charge in [0.05, 0.1) is 11.4 Å². The van der Waals surface area contributed by atoms with E-state index in [1.54, 1.807) is 24.3 Å². The van der Waals surface area contributed by atoms with Crippen LogP contribution in [0.4, 0.5) is 5.95 Å². The van der Waals surface area contributed by atoms with Crippen LogP contribution in [0.5, 0.6) is 0 Å². The molecule has 0 unspecified atom stereocenters. The molecule has 3 rings (SSSR count). The topological polar surface area (TPSA) is 80.5 Å². The van der Waals surface area contributed by atoms with Gasteiger partial charge in [-0.2, -0.15) is 9.50 Å². The van der Waals surface area contributed by atoms with Crippen molar-refractivity contribution in [2.75, 3.05) is 10.8 Å². The molecule has 0 bridgehead atoms. The van der Waals surface area contributed by atoms with Gasteiger partial charge in [-0.05, 0) is 39.0 Å². The summed E-state index contributed by atoms with van der Waals surface area (Å²) in [5, 5.41) is 4.32. The second-order valence-corrected chi connectivity index (χ2v) is 7.66. The monoisotopic (exact) mass is 357 g/mol. The van der Waals surface area contributed by atoms with Crippen LogP contribution in [0.2, 0.25) is 0 Å². The number of nitrogens with zero attached hydrogens (tertiary/aromatic N) is 5. The Morgan fingerprint density at radius 2 is 1.84 bits per heavy atom. The van der Waals surface area contributed by atoms with E-state index >= 15 is 0 Å². The molecule has 0 atom stereocenters. The molecule has 0 fully saturated rings. The van der Waals surface area contributed by atoms with Gasteiger partial charge in [0.1, 0.15) is 0 Å². The predicted octanol–water partition coefficient (Wildman–Crippen LogP) is 2.43. The second kappa shape index (κ2) is 6.29. The molecule has 0 saturated carbocycles. The van der Waals surface area contributed by atoms with Crippen LogP contribution in [0, 0.1) is 20.8 Å². The Kier molecular flexibility index (Phi) is 4.30. The quantitative estimate of drug-likeness (QED) is 0.655. The van der Waals surface area contributed by atoms with Gasteiger partial charge in [0.15, 0.2) is 0 Å². The minimum atomic E-state index is -3.81. The molecule has 0 radical (unpaired) electrons. The molecule has 3 aromatic rings. The van der Waals surface area contributed by atoms with Crippen molar-refractivity contribution in [2.24, 2.45) is 0 Å². The highest BCUT2D eigenvalue weighted by Gasteiger charge is 2.27. The normalized spacial score (nSPS) is 11.6. The summed E-state index contributed by atoms with van der Waals surface area (Å²) in [5.74, 6) is 0.433.